The van der Waals surface area contributed by atoms with Crippen molar-refractivity contribution in [3.05, 3.63) is 47.8 Å². The summed E-state index contributed by atoms with van der Waals surface area (Å²) in [4.78, 5) is 0. The monoisotopic (exact) mass is 231 g/mol. The minimum atomic E-state index is -0.211. The summed E-state index contributed by atoms with van der Waals surface area (Å²) >= 11 is 0. The first kappa shape index (κ1) is 11.5. The number of benzene rings is 2. The van der Waals surface area contributed by atoms with Crippen molar-refractivity contribution in [2.75, 3.05) is 12.8 Å². The molecular formula is C14H14FNO. The molecule has 2 nitrogen and oxygen atoms in total. The molecule has 88 valence electrons. The van der Waals surface area contributed by atoms with Crippen LogP contribution in [-0.4, -0.2) is 7.11 Å². The van der Waals surface area contributed by atoms with Gasteiger partial charge in [-0.25, -0.2) is 4.39 Å². The quantitative estimate of drug-likeness (QED) is 0.804. The maximum Gasteiger partial charge on any atom is 0.141 e. The first-order valence-electron chi connectivity index (χ1n) is 5.32. The molecule has 17 heavy (non-hydrogen) atoms. The zero-order valence-electron chi connectivity index (χ0n) is 9.83. The van der Waals surface area contributed by atoms with E-state index in [2.05, 4.69) is 0 Å². The number of nitrogens with two attached hydrogens (primary N) is 1. The maximum absolute atomic E-state index is 13.5. The summed E-state index contributed by atoms with van der Waals surface area (Å²) in [5.74, 6) is 0.416. The van der Waals surface area contributed by atoms with E-state index < -0.39 is 0 Å². The van der Waals surface area contributed by atoms with Crippen LogP contribution in [0.2, 0.25) is 0 Å². The zero-order valence-corrected chi connectivity index (χ0v) is 9.83. The summed E-state index contributed by atoms with van der Waals surface area (Å²) in [6, 6.07) is 10.5. The van der Waals surface area contributed by atoms with Crippen LogP contribution in [0.15, 0.2) is 36.4 Å². The van der Waals surface area contributed by atoms with Crippen LogP contribution >= 0.6 is 0 Å². The molecule has 2 aromatic rings. The smallest absolute Gasteiger partial charge is 0.141 e. The van der Waals surface area contributed by atoms with Gasteiger partial charge in [0.15, 0.2) is 0 Å². The molecule has 0 aromatic heterocycles. The van der Waals surface area contributed by atoms with Gasteiger partial charge >= 0.3 is 0 Å². The molecule has 0 spiro atoms. The van der Waals surface area contributed by atoms with Crippen molar-refractivity contribution in [1.29, 1.82) is 0 Å². The third kappa shape index (κ3) is 2.09. The van der Waals surface area contributed by atoms with Crippen LogP contribution in [0.5, 0.6) is 5.75 Å². The molecule has 0 amide bonds. The van der Waals surface area contributed by atoms with Gasteiger partial charge in [-0.1, -0.05) is 18.2 Å². The number of halogens is 1. The fourth-order valence-electron chi connectivity index (χ4n) is 1.82. The van der Waals surface area contributed by atoms with Crippen LogP contribution in [0.3, 0.4) is 0 Å². The lowest BCUT2D eigenvalue weighted by atomic mass is 9.99. The highest BCUT2D eigenvalue weighted by atomic mass is 19.1. The number of anilines is 1. The second kappa shape index (κ2) is 4.45. The Kier molecular flexibility index (Phi) is 3.00. The molecule has 0 aliphatic carbocycles. The number of methoxy groups -OCH3 is 1. The van der Waals surface area contributed by atoms with Crippen LogP contribution in [0.25, 0.3) is 11.1 Å². The molecular weight excluding hydrogens is 217 g/mol. The van der Waals surface area contributed by atoms with Gasteiger partial charge in [0.2, 0.25) is 0 Å². The topological polar surface area (TPSA) is 35.2 Å². The van der Waals surface area contributed by atoms with Crippen molar-refractivity contribution >= 4 is 5.69 Å². The number of hydrogen-bond donors (Lipinski definition) is 1. The predicted octanol–water partition coefficient (Wildman–Crippen LogP) is 3.39. The third-order valence-corrected chi connectivity index (χ3v) is 2.81. The summed E-state index contributed by atoms with van der Waals surface area (Å²) in [6.45, 7) is 1.76. The standard InChI is InChI=1S/C14H14FNO/c1-9-11(4-3-5-12(9)15)10-6-7-14(17-2)13(16)8-10/h3-8H,16H2,1-2H3. The van der Waals surface area contributed by atoms with Crippen molar-refractivity contribution in [2.24, 2.45) is 0 Å². The predicted molar refractivity (Wildman–Crippen MR) is 67.5 cm³/mol. The minimum Gasteiger partial charge on any atom is -0.495 e. The summed E-state index contributed by atoms with van der Waals surface area (Å²) in [6.07, 6.45) is 0. The van der Waals surface area contributed by atoms with Crippen LogP contribution in [-0.2, 0) is 0 Å². The van der Waals surface area contributed by atoms with Crippen LogP contribution in [0.1, 0.15) is 5.56 Å². The highest BCUT2D eigenvalue weighted by molar-refractivity contribution is 5.73. The fraction of sp³-hybridized carbons (Fsp3) is 0.143. The number of hydrogen-bond acceptors (Lipinski definition) is 2. The van der Waals surface area contributed by atoms with E-state index in [4.69, 9.17) is 10.5 Å². The normalized spacial score (nSPS) is 10.3. The van der Waals surface area contributed by atoms with E-state index in [1.165, 1.54) is 6.07 Å². The molecule has 0 bridgehead atoms. The Morgan fingerprint density at radius 3 is 2.59 bits per heavy atom. The second-order valence-electron chi connectivity index (χ2n) is 3.87. The van der Waals surface area contributed by atoms with Gasteiger partial charge in [-0.05, 0) is 41.8 Å². The van der Waals surface area contributed by atoms with Gasteiger partial charge in [-0.15, -0.1) is 0 Å². The van der Waals surface area contributed by atoms with Crippen molar-refractivity contribution in [3.63, 3.8) is 0 Å². The van der Waals surface area contributed by atoms with Gasteiger partial charge in [0.25, 0.3) is 0 Å². The molecule has 2 N–H and O–H groups in total. The van der Waals surface area contributed by atoms with E-state index in [1.54, 1.807) is 32.2 Å². The van der Waals surface area contributed by atoms with Crippen LogP contribution in [0, 0.1) is 12.7 Å². The number of rotatable bonds is 2. The SMILES string of the molecule is COc1ccc(-c2cccc(F)c2C)cc1N. The second-order valence-corrected chi connectivity index (χ2v) is 3.87. The largest absolute Gasteiger partial charge is 0.495 e. The Balaban J connectivity index is 2.54. The lowest BCUT2D eigenvalue weighted by Gasteiger charge is -2.10. The highest BCUT2D eigenvalue weighted by Gasteiger charge is 2.07. The van der Waals surface area contributed by atoms with Crippen LogP contribution in [0.4, 0.5) is 10.1 Å². The minimum absolute atomic E-state index is 0.211. The molecule has 0 fully saturated rings. The molecule has 2 rings (SSSR count). The van der Waals surface area contributed by atoms with E-state index in [1.807, 2.05) is 12.1 Å². The Labute approximate surface area is 99.8 Å². The van der Waals surface area contributed by atoms with Gasteiger partial charge < -0.3 is 10.5 Å². The zero-order chi connectivity index (χ0) is 12.4. The summed E-state index contributed by atoms with van der Waals surface area (Å²) in [5, 5.41) is 0. The van der Waals surface area contributed by atoms with E-state index in [-0.39, 0.29) is 5.82 Å². The molecule has 0 heterocycles. The van der Waals surface area contributed by atoms with Gasteiger partial charge in [0.1, 0.15) is 11.6 Å². The fourth-order valence-corrected chi connectivity index (χ4v) is 1.82. The first-order chi connectivity index (χ1) is 8.13. The summed E-state index contributed by atoms with van der Waals surface area (Å²) in [5.41, 5.74) is 8.75. The van der Waals surface area contributed by atoms with Crippen molar-refractivity contribution in [1.82, 2.24) is 0 Å². The molecule has 0 radical (unpaired) electrons. The molecule has 0 unspecified atom stereocenters. The Bertz CT molecular complexity index is 552. The van der Waals surface area contributed by atoms with Crippen molar-refractivity contribution < 1.29 is 9.13 Å². The summed E-state index contributed by atoms with van der Waals surface area (Å²) in [7, 11) is 1.57. The van der Waals surface area contributed by atoms with E-state index in [9.17, 15) is 4.39 Å². The van der Waals surface area contributed by atoms with E-state index in [0.29, 0.717) is 17.0 Å². The molecule has 0 aliphatic rings. The maximum atomic E-state index is 13.5. The lowest BCUT2D eigenvalue weighted by Crippen LogP contribution is -1.94. The lowest BCUT2D eigenvalue weighted by molar-refractivity contribution is 0.417. The Hall–Kier alpha value is -2.03. The number of ether oxygens (including phenoxy) is 1. The molecule has 0 saturated carbocycles. The molecule has 0 atom stereocenters. The Morgan fingerprint density at radius 1 is 1.18 bits per heavy atom. The van der Waals surface area contributed by atoms with Crippen LogP contribution < -0.4 is 10.5 Å². The van der Waals surface area contributed by atoms with E-state index >= 15 is 0 Å². The average molecular weight is 231 g/mol. The van der Waals surface area contributed by atoms with Gasteiger partial charge in [0, 0.05) is 0 Å². The number of nitrogen functional groups attached to an aromatic ring is 1. The third-order valence-electron chi connectivity index (χ3n) is 2.81. The van der Waals surface area contributed by atoms with Crippen molar-refractivity contribution in [2.45, 2.75) is 6.92 Å². The van der Waals surface area contributed by atoms with Gasteiger partial charge in [-0.2, -0.15) is 0 Å². The van der Waals surface area contributed by atoms with Gasteiger partial charge in [0.05, 0.1) is 12.8 Å². The average Bonchev–Trinajstić information content (AvgIpc) is 2.32. The highest BCUT2D eigenvalue weighted by Crippen LogP contribution is 2.30. The Morgan fingerprint density at radius 2 is 1.94 bits per heavy atom. The molecule has 0 aliphatic heterocycles. The molecule has 2 aromatic carbocycles. The first-order valence-corrected chi connectivity index (χ1v) is 5.32. The molecule has 0 saturated heterocycles. The van der Waals surface area contributed by atoms with Gasteiger partial charge in [-0.3, -0.25) is 0 Å². The van der Waals surface area contributed by atoms with Crippen molar-refractivity contribution in [3.8, 4) is 16.9 Å². The van der Waals surface area contributed by atoms with E-state index in [0.717, 1.165) is 11.1 Å². The summed E-state index contributed by atoms with van der Waals surface area (Å²) < 4.78 is 18.5. The molecule has 3 heteroatoms.